The molecule has 3 N–H and O–H groups in total. The molecule has 1 aliphatic heterocycles. The summed E-state index contributed by atoms with van der Waals surface area (Å²) in [5, 5.41) is 8.82. The smallest absolute Gasteiger partial charge is 0.257 e. The molecule has 0 bridgehead atoms. The second-order valence-electron chi connectivity index (χ2n) is 7.26. The topological polar surface area (TPSA) is 90.5 Å². The fourth-order valence-electron chi connectivity index (χ4n) is 3.46. The molecule has 4 rings (SSSR count). The highest BCUT2D eigenvalue weighted by Crippen LogP contribution is 2.30. The molecule has 1 aliphatic rings. The predicted molar refractivity (Wildman–Crippen MR) is 125 cm³/mol. The lowest BCUT2D eigenvalue weighted by molar-refractivity contribution is -0.120. The van der Waals surface area contributed by atoms with Crippen LogP contribution >= 0.6 is 11.6 Å². The lowest BCUT2D eigenvalue weighted by Gasteiger charge is -2.29. The highest BCUT2D eigenvalue weighted by atomic mass is 35.5. The van der Waals surface area contributed by atoms with E-state index in [0.29, 0.717) is 40.6 Å². The average molecular weight is 449 g/mol. The number of rotatable bonds is 5. The van der Waals surface area contributed by atoms with Crippen LogP contribution in [0.5, 0.6) is 0 Å². The summed E-state index contributed by atoms with van der Waals surface area (Å²) in [6, 6.07) is 20.7. The number of nitrogens with one attached hydrogen (secondary N) is 3. The number of anilines is 3. The van der Waals surface area contributed by atoms with Gasteiger partial charge >= 0.3 is 0 Å². The van der Waals surface area contributed by atoms with Crippen molar-refractivity contribution in [3.8, 4) is 0 Å². The van der Waals surface area contributed by atoms with Gasteiger partial charge in [0, 0.05) is 24.3 Å². The van der Waals surface area contributed by atoms with Gasteiger partial charge in [-0.05, 0) is 42.5 Å². The third-order valence-corrected chi connectivity index (χ3v) is 5.34. The molecule has 0 spiro atoms. The maximum atomic E-state index is 12.9. The highest BCUT2D eigenvalue weighted by Gasteiger charge is 2.19. The Kier molecular flexibility index (Phi) is 6.37. The minimum Gasteiger partial charge on any atom is -0.359 e. The van der Waals surface area contributed by atoms with E-state index in [0.717, 1.165) is 5.69 Å². The van der Waals surface area contributed by atoms with Gasteiger partial charge in [0.2, 0.25) is 5.91 Å². The molecular weight excluding hydrogens is 428 g/mol. The first-order chi connectivity index (χ1) is 15.5. The fraction of sp³-hybridized carbons (Fsp3) is 0.125. The van der Waals surface area contributed by atoms with Gasteiger partial charge in [0.05, 0.1) is 28.5 Å². The van der Waals surface area contributed by atoms with Gasteiger partial charge in [-0.2, -0.15) is 0 Å². The van der Waals surface area contributed by atoms with E-state index in [2.05, 4.69) is 16.0 Å². The largest absolute Gasteiger partial charge is 0.359 e. The van der Waals surface area contributed by atoms with Crippen LogP contribution in [0.15, 0.2) is 72.8 Å². The van der Waals surface area contributed by atoms with Crippen molar-refractivity contribution in [3.05, 3.63) is 88.9 Å². The number of carbonyl (C=O) groups excluding carboxylic acids is 3. The number of hydrogen-bond acceptors (Lipinski definition) is 4. The van der Waals surface area contributed by atoms with Crippen LogP contribution in [-0.2, 0) is 4.79 Å². The van der Waals surface area contributed by atoms with Gasteiger partial charge in [-0.1, -0.05) is 41.9 Å². The molecular formula is C24H21ClN4O3. The van der Waals surface area contributed by atoms with Crippen LogP contribution in [0.3, 0.4) is 0 Å². The predicted octanol–water partition coefficient (Wildman–Crippen LogP) is 3.78. The maximum absolute atomic E-state index is 12.9. The Morgan fingerprint density at radius 2 is 1.66 bits per heavy atom. The Bertz CT molecular complexity index is 1170. The average Bonchev–Trinajstić information content (AvgIpc) is 2.80. The van der Waals surface area contributed by atoms with Crippen molar-refractivity contribution in [1.82, 2.24) is 5.32 Å². The molecule has 32 heavy (non-hydrogen) atoms. The van der Waals surface area contributed by atoms with Gasteiger partial charge in [-0.15, -0.1) is 0 Å². The summed E-state index contributed by atoms with van der Waals surface area (Å²) >= 11 is 6.43. The first kappa shape index (κ1) is 21.4. The molecule has 3 amide bonds. The van der Waals surface area contributed by atoms with Gasteiger partial charge < -0.3 is 20.9 Å². The number of halogens is 1. The first-order valence-electron chi connectivity index (χ1n) is 10.1. The monoisotopic (exact) mass is 448 g/mol. The van der Waals surface area contributed by atoms with Gasteiger partial charge in [-0.25, -0.2) is 0 Å². The number of nitrogens with zero attached hydrogens (tertiary/aromatic N) is 1. The minimum atomic E-state index is -0.380. The van der Waals surface area contributed by atoms with E-state index in [-0.39, 0.29) is 24.3 Å². The lowest BCUT2D eigenvalue weighted by atomic mass is 10.1. The molecule has 1 fully saturated rings. The van der Waals surface area contributed by atoms with Crippen LogP contribution < -0.4 is 20.9 Å². The van der Waals surface area contributed by atoms with Crippen molar-refractivity contribution in [2.24, 2.45) is 0 Å². The van der Waals surface area contributed by atoms with Crippen molar-refractivity contribution < 1.29 is 14.4 Å². The molecule has 3 aromatic carbocycles. The maximum Gasteiger partial charge on any atom is 0.257 e. The van der Waals surface area contributed by atoms with E-state index in [9.17, 15) is 14.4 Å². The molecule has 1 saturated heterocycles. The zero-order valence-electron chi connectivity index (χ0n) is 17.1. The van der Waals surface area contributed by atoms with Crippen LogP contribution in [0.25, 0.3) is 0 Å². The standard InChI is InChI=1S/C24H21ClN4O3/c25-19-14-17(10-11-21(19)29-13-12-26-22(30)15-29)27-24(32)18-8-4-5-9-20(18)28-23(31)16-6-2-1-3-7-16/h1-11,14H,12-13,15H2,(H,26,30)(H,27,32)(H,28,31). The number of amides is 3. The first-order valence-corrected chi connectivity index (χ1v) is 10.5. The van der Waals surface area contributed by atoms with Crippen LogP contribution in [-0.4, -0.2) is 37.4 Å². The van der Waals surface area contributed by atoms with Gasteiger partial charge in [-0.3, -0.25) is 14.4 Å². The summed E-state index contributed by atoms with van der Waals surface area (Å²) in [5.74, 6) is -0.738. The molecule has 0 aromatic heterocycles. The van der Waals surface area contributed by atoms with Crippen LogP contribution in [0, 0.1) is 0 Å². The Balaban J connectivity index is 1.49. The van der Waals surface area contributed by atoms with Gasteiger partial charge in [0.15, 0.2) is 0 Å². The molecule has 0 atom stereocenters. The molecule has 7 nitrogen and oxygen atoms in total. The summed E-state index contributed by atoms with van der Waals surface area (Å²) in [6.45, 7) is 1.45. The summed E-state index contributed by atoms with van der Waals surface area (Å²) in [4.78, 5) is 39.0. The number of hydrogen-bond donors (Lipinski definition) is 3. The molecule has 162 valence electrons. The van der Waals surface area contributed by atoms with Crippen molar-refractivity contribution in [1.29, 1.82) is 0 Å². The van der Waals surface area contributed by atoms with Crippen LogP contribution in [0.2, 0.25) is 5.02 Å². The molecule has 0 aliphatic carbocycles. The number of benzene rings is 3. The second-order valence-corrected chi connectivity index (χ2v) is 7.66. The molecule has 8 heteroatoms. The summed E-state index contributed by atoms with van der Waals surface area (Å²) in [5.41, 5.74) is 2.46. The van der Waals surface area contributed by atoms with E-state index in [1.807, 2.05) is 11.0 Å². The van der Waals surface area contributed by atoms with Gasteiger partial charge in [0.25, 0.3) is 11.8 Å². The van der Waals surface area contributed by atoms with Gasteiger partial charge in [0.1, 0.15) is 0 Å². The van der Waals surface area contributed by atoms with Crippen LogP contribution in [0.4, 0.5) is 17.1 Å². The third kappa shape index (κ3) is 4.90. The summed E-state index contributed by atoms with van der Waals surface area (Å²) < 4.78 is 0. The Morgan fingerprint density at radius 1 is 0.906 bits per heavy atom. The van der Waals surface area contributed by atoms with E-state index < -0.39 is 0 Å². The quantitative estimate of drug-likeness (QED) is 0.554. The molecule has 0 unspecified atom stereocenters. The molecule has 0 radical (unpaired) electrons. The fourth-order valence-corrected chi connectivity index (χ4v) is 3.76. The van der Waals surface area contributed by atoms with E-state index >= 15 is 0 Å². The number of piperazine rings is 1. The molecule has 0 saturated carbocycles. The van der Waals surface area contributed by atoms with Crippen LogP contribution in [0.1, 0.15) is 20.7 Å². The van der Waals surface area contributed by atoms with E-state index in [1.54, 1.807) is 66.7 Å². The van der Waals surface area contributed by atoms with E-state index in [4.69, 9.17) is 11.6 Å². The zero-order chi connectivity index (χ0) is 22.5. The number of carbonyl (C=O) groups is 3. The summed E-state index contributed by atoms with van der Waals surface area (Å²) in [7, 11) is 0. The van der Waals surface area contributed by atoms with E-state index in [1.165, 1.54) is 0 Å². The van der Waals surface area contributed by atoms with Crippen molar-refractivity contribution in [3.63, 3.8) is 0 Å². The lowest BCUT2D eigenvalue weighted by Crippen LogP contribution is -2.47. The normalized spacial score (nSPS) is 13.3. The molecule has 1 heterocycles. The Labute approximate surface area is 190 Å². The van der Waals surface area contributed by atoms with Crippen molar-refractivity contribution in [2.75, 3.05) is 35.2 Å². The Morgan fingerprint density at radius 3 is 2.41 bits per heavy atom. The second kappa shape index (κ2) is 9.53. The highest BCUT2D eigenvalue weighted by molar-refractivity contribution is 6.33. The number of para-hydroxylation sites is 1. The zero-order valence-corrected chi connectivity index (χ0v) is 17.9. The summed E-state index contributed by atoms with van der Waals surface area (Å²) in [6.07, 6.45) is 0. The van der Waals surface area contributed by atoms with Crippen molar-refractivity contribution >= 4 is 46.4 Å². The molecule has 3 aromatic rings. The Hall–Kier alpha value is -3.84. The minimum absolute atomic E-state index is 0.0566. The SMILES string of the molecule is O=C1CN(c2ccc(NC(=O)c3ccccc3NC(=O)c3ccccc3)cc2Cl)CCN1. The third-order valence-electron chi connectivity index (χ3n) is 5.04. The van der Waals surface area contributed by atoms with Crippen molar-refractivity contribution in [2.45, 2.75) is 0 Å².